The Balaban J connectivity index is 1.65. The van der Waals surface area contributed by atoms with Gasteiger partial charge in [-0.3, -0.25) is 9.69 Å². The predicted molar refractivity (Wildman–Crippen MR) is 107 cm³/mol. The van der Waals surface area contributed by atoms with E-state index in [-0.39, 0.29) is 17.7 Å². The van der Waals surface area contributed by atoms with Crippen LogP contribution in [0.4, 0.5) is 5.69 Å². The van der Waals surface area contributed by atoms with E-state index in [1.54, 1.807) is 20.1 Å². The summed E-state index contributed by atoms with van der Waals surface area (Å²) >= 11 is 0. The lowest BCUT2D eigenvalue weighted by Crippen LogP contribution is -2.46. The molecule has 5 heteroatoms. The second-order valence-electron chi connectivity index (χ2n) is 7.20. The number of amides is 1. The van der Waals surface area contributed by atoms with E-state index < -0.39 is 0 Å². The van der Waals surface area contributed by atoms with Crippen LogP contribution in [0.1, 0.15) is 30.9 Å². The highest BCUT2D eigenvalue weighted by atomic mass is 16.5. The first kappa shape index (κ1) is 19.2. The number of phenolic OH excluding ortho intramolecular Hbond substituents is 1. The fourth-order valence-electron chi connectivity index (χ4n) is 3.79. The van der Waals surface area contributed by atoms with Crippen LogP contribution in [-0.4, -0.2) is 42.2 Å². The van der Waals surface area contributed by atoms with Crippen LogP contribution in [0.2, 0.25) is 0 Å². The number of methoxy groups -OCH3 is 1. The van der Waals surface area contributed by atoms with E-state index in [9.17, 15) is 9.90 Å². The lowest BCUT2D eigenvalue weighted by molar-refractivity contribution is -0.117. The van der Waals surface area contributed by atoms with Gasteiger partial charge in [0.05, 0.1) is 7.11 Å². The standard InChI is InChI=1S/C22H28N2O3/c1-16-7-9-19(10-8-16)24(17(2)25)20-11-13-23(14-12-20)15-18-5-4-6-21(27-3)22(18)26/h4-10,20,26H,11-15H2,1-3H3. The second kappa shape index (κ2) is 8.44. The van der Waals surface area contributed by atoms with Crippen LogP contribution in [0.5, 0.6) is 11.5 Å². The first-order chi connectivity index (χ1) is 13.0. The Hall–Kier alpha value is -2.53. The molecule has 0 bridgehead atoms. The van der Waals surface area contributed by atoms with Crippen molar-refractivity contribution in [3.63, 3.8) is 0 Å². The smallest absolute Gasteiger partial charge is 0.224 e. The first-order valence-corrected chi connectivity index (χ1v) is 9.43. The molecular formula is C22H28N2O3. The first-order valence-electron chi connectivity index (χ1n) is 9.43. The van der Waals surface area contributed by atoms with E-state index in [4.69, 9.17) is 4.74 Å². The van der Waals surface area contributed by atoms with Crippen molar-refractivity contribution in [1.29, 1.82) is 0 Å². The molecule has 1 heterocycles. The maximum Gasteiger partial charge on any atom is 0.224 e. The lowest BCUT2D eigenvalue weighted by Gasteiger charge is -2.38. The third-order valence-corrected chi connectivity index (χ3v) is 5.27. The van der Waals surface area contributed by atoms with Gasteiger partial charge in [0.25, 0.3) is 0 Å². The molecule has 2 aromatic carbocycles. The molecule has 0 saturated carbocycles. The average molecular weight is 368 g/mol. The number of hydrogen-bond acceptors (Lipinski definition) is 4. The topological polar surface area (TPSA) is 53.0 Å². The molecule has 1 N–H and O–H groups in total. The number of rotatable bonds is 5. The molecule has 5 nitrogen and oxygen atoms in total. The zero-order valence-corrected chi connectivity index (χ0v) is 16.3. The molecule has 1 aliphatic heterocycles. The molecule has 1 fully saturated rings. The van der Waals surface area contributed by atoms with Gasteiger partial charge in [-0.05, 0) is 38.0 Å². The number of phenols is 1. The summed E-state index contributed by atoms with van der Waals surface area (Å²) in [5.74, 6) is 0.805. The zero-order valence-electron chi connectivity index (χ0n) is 16.3. The van der Waals surface area contributed by atoms with Crippen LogP contribution in [0.15, 0.2) is 42.5 Å². The highest BCUT2D eigenvalue weighted by Gasteiger charge is 2.27. The number of likely N-dealkylation sites (tertiary alicyclic amines) is 1. The van der Waals surface area contributed by atoms with Crippen molar-refractivity contribution < 1.29 is 14.6 Å². The van der Waals surface area contributed by atoms with Gasteiger partial charge in [-0.15, -0.1) is 0 Å². The Bertz CT molecular complexity index is 781. The number of hydrogen-bond donors (Lipinski definition) is 1. The number of carbonyl (C=O) groups is 1. The Kier molecular flexibility index (Phi) is 6.01. The van der Waals surface area contributed by atoms with Gasteiger partial charge in [-0.2, -0.15) is 0 Å². The molecule has 0 aliphatic carbocycles. The molecule has 0 aromatic heterocycles. The molecular weight excluding hydrogens is 340 g/mol. The molecule has 0 radical (unpaired) electrons. The predicted octanol–water partition coefficient (Wildman–Crippen LogP) is 3.73. The number of benzene rings is 2. The van der Waals surface area contributed by atoms with Crippen molar-refractivity contribution in [3.8, 4) is 11.5 Å². The summed E-state index contributed by atoms with van der Waals surface area (Å²) in [4.78, 5) is 16.5. The Morgan fingerprint density at radius 3 is 2.44 bits per heavy atom. The van der Waals surface area contributed by atoms with Gasteiger partial charge in [0.1, 0.15) is 0 Å². The molecule has 0 unspecified atom stereocenters. The summed E-state index contributed by atoms with van der Waals surface area (Å²) in [6.45, 7) is 6.14. The Morgan fingerprint density at radius 1 is 1.19 bits per heavy atom. The van der Waals surface area contributed by atoms with E-state index in [1.807, 2.05) is 48.2 Å². The van der Waals surface area contributed by atoms with Gasteiger partial charge >= 0.3 is 0 Å². The molecule has 1 aliphatic rings. The SMILES string of the molecule is COc1cccc(CN2CCC(N(C(C)=O)c3ccc(C)cc3)CC2)c1O. The van der Waals surface area contributed by atoms with E-state index >= 15 is 0 Å². The molecule has 1 amide bonds. The molecule has 27 heavy (non-hydrogen) atoms. The van der Waals surface area contributed by atoms with Gasteiger partial charge < -0.3 is 14.7 Å². The molecule has 2 aromatic rings. The summed E-state index contributed by atoms with van der Waals surface area (Å²) in [6.07, 6.45) is 1.83. The normalized spacial score (nSPS) is 15.5. The van der Waals surface area contributed by atoms with Crippen molar-refractivity contribution in [3.05, 3.63) is 53.6 Å². The number of aryl methyl sites for hydroxylation is 1. The van der Waals surface area contributed by atoms with Crippen molar-refractivity contribution in [2.45, 2.75) is 39.3 Å². The number of piperidine rings is 1. The van der Waals surface area contributed by atoms with Crippen LogP contribution < -0.4 is 9.64 Å². The summed E-state index contributed by atoms with van der Waals surface area (Å²) in [6, 6.07) is 13.9. The van der Waals surface area contributed by atoms with Crippen LogP contribution in [-0.2, 0) is 11.3 Å². The number of anilines is 1. The third kappa shape index (κ3) is 4.42. The highest BCUT2D eigenvalue weighted by Crippen LogP contribution is 2.31. The van der Waals surface area contributed by atoms with E-state index in [1.165, 1.54) is 5.56 Å². The van der Waals surface area contributed by atoms with Gasteiger partial charge in [0.15, 0.2) is 11.5 Å². The largest absolute Gasteiger partial charge is 0.504 e. The fourth-order valence-corrected chi connectivity index (χ4v) is 3.79. The minimum absolute atomic E-state index is 0.0859. The monoisotopic (exact) mass is 368 g/mol. The number of para-hydroxylation sites is 1. The van der Waals surface area contributed by atoms with Crippen LogP contribution in [0.3, 0.4) is 0 Å². The van der Waals surface area contributed by atoms with Crippen molar-refractivity contribution >= 4 is 11.6 Å². The summed E-state index contributed by atoms with van der Waals surface area (Å²) in [7, 11) is 1.56. The molecule has 1 saturated heterocycles. The van der Waals surface area contributed by atoms with Crippen LogP contribution >= 0.6 is 0 Å². The number of nitrogens with zero attached hydrogens (tertiary/aromatic N) is 2. The summed E-state index contributed by atoms with van der Waals surface area (Å²) in [5.41, 5.74) is 3.03. The van der Waals surface area contributed by atoms with Gasteiger partial charge in [0, 0.05) is 43.9 Å². The van der Waals surface area contributed by atoms with Crippen LogP contribution in [0, 0.1) is 6.92 Å². The molecule has 3 rings (SSSR count). The third-order valence-electron chi connectivity index (χ3n) is 5.27. The van der Waals surface area contributed by atoms with Gasteiger partial charge in [-0.1, -0.05) is 29.8 Å². The molecule has 0 atom stereocenters. The minimum Gasteiger partial charge on any atom is -0.504 e. The fraction of sp³-hybridized carbons (Fsp3) is 0.409. The zero-order chi connectivity index (χ0) is 19.4. The summed E-state index contributed by atoms with van der Waals surface area (Å²) in [5, 5.41) is 10.3. The second-order valence-corrected chi connectivity index (χ2v) is 7.20. The Labute approximate surface area is 161 Å². The molecule has 0 spiro atoms. The van der Waals surface area contributed by atoms with Crippen molar-refractivity contribution in [2.75, 3.05) is 25.1 Å². The maximum absolute atomic E-state index is 12.3. The van der Waals surface area contributed by atoms with E-state index in [0.29, 0.717) is 12.3 Å². The lowest BCUT2D eigenvalue weighted by atomic mass is 10.0. The van der Waals surface area contributed by atoms with Crippen molar-refractivity contribution in [2.24, 2.45) is 0 Å². The van der Waals surface area contributed by atoms with Crippen molar-refractivity contribution in [1.82, 2.24) is 4.90 Å². The van der Waals surface area contributed by atoms with Gasteiger partial charge in [-0.25, -0.2) is 0 Å². The Morgan fingerprint density at radius 2 is 1.85 bits per heavy atom. The average Bonchev–Trinajstić information content (AvgIpc) is 2.66. The number of carbonyl (C=O) groups excluding carboxylic acids is 1. The number of aromatic hydroxyl groups is 1. The van der Waals surface area contributed by atoms with Crippen LogP contribution in [0.25, 0.3) is 0 Å². The quantitative estimate of drug-likeness (QED) is 0.874. The van der Waals surface area contributed by atoms with E-state index in [2.05, 4.69) is 4.90 Å². The highest BCUT2D eigenvalue weighted by molar-refractivity contribution is 5.92. The van der Waals surface area contributed by atoms with E-state index in [0.717, 1.165) is 37.2 Å². The maximum atomic E-state index is 12.3. The molecule has 144 valence electrons. The minimum atomic E-state index is 0.0859. The summed E-state index contributed by atoms with van der Waals surface area (Å²) < 4.78 is 5.19. The van der Waals surface area contributed by atoms with Gasteiger partial charge in [0.2, 0.25) is 5.91 Å². The number of ether oxygens (including phenoxy) is 1.